The van der Waals surface area contributed by atoms with Gasteiger partial charge in [-0.15, -0.1) is 0 Å². The standard InChI is InChI=1S/C15H18N4O2/c1-11-13(15(21)18-8-4-5-12(20)10-18)9-17-19(11)14-6-2-3-7-16-14/h2-3,6-7,9,12,20H,4-5,8,10H2,1H3. The lowest BCUT2D eigenvalue weighted by molar-refractivity contribution is 0.0473. The summed E-state index contributed by atoms with van der Waals surface area (Å²) in [5.74, 6) is 0.612. The van der Waals surface area contributed by atoms with Crippen LogP contribution in [0, 0.1) is 6.92 Å². The number of aliphatic hydroxyl groups excluding tert-OH is 1. The minimum Gasteiger partial charge on any atom is -0.391 e. The van der Waals surface area contributed by atoms with E-state index in [0.29, 0.717) is 24.5 Å². The fourth-order valence-corrected chi connectivity index (χ4v) is 2.64. The van der Waals surface area contributed by atoms with Crippen molar-refractivity contribution in [2.24, 2.45) is 0 Å². The van der Waals surface area contributed by atoms with Crippen LogP contribution in [0.4, 0.5) is 0 Å². The molecule has 6 nitrogen and oxygen atoms in total. The molecule has 1 aliphatic rings. The molecule has 0 aliphatic carbocycles. The molecule has 1 fully saturated rings. The van der Waals surface area contributed by atoms with Gasteiger partial charge in [0.25, 0.3) is 5.91 Å². The zero-order valence-electron chi connectivity index (χ0n) is 11.9. The van der Waals surface area contributed by atoms with Gasteiger partial charge in [-0.25, -0.2) is 9.67 Å². The Morgan fingerprint density at radius 1 is 1.43 bits per heavy atom. The average Bonchev–Trinajstić information content (AvgIpc) is 2.89. The van der Waals surface area contributed by atoms with Crippen LogP contribution in [0.15, 0.2) is 30.6 Å². The monoisotopic (exact) mass is 286 g/mol. The van der Waals surface area contributed by atoms with E-state index in [4.69, 9.17) is 0 Å². The first-order chi connectivity index (χ1) is 10.2. The zero-order chi connectivity index (χ0) is 14.8. The second-order valence-corrected chi connectivity index (χ2v) is 5.29. The smallest absolute Gasteiger partial charge is 0.257 e. The van der Waals surface area contributed by atoms with Crippen molar-refractivity contribution in [3.05, 3.63) is 41.9 Å². The van der Waals surface area contributed by atoms with E-state index < -0.39 is 6.10 Å². The van der Waals surface area contributed by atoms with Crippen LogP contribution in [0.3, 0.4) is 0 Å². The molecule has 0 saturated carbocycles. The van der Waals surface area contributed by atoms with Gasteiger partial charge in [-0.05, 0) is 31.9 Å². The Labute approximate surface area is 123 Å². The number of nitrogens with zero attached hydrogens (tertiary/aromatic N) is 4. The first-order valence-corrected chi connectivity index (χ1v) is 7.10. The van der Waals surface area contributed by atoms with Gasteiger partial charge < -0.3 is 10.0 Å². The number of carbonyl (C=O) groups excluding carboxylic acids is 1. The van der Waals surface area contributed by atoms with Crippen LogP contribution in [-0.4, -0.2) is 49.9 Å². The summed E-state index contributed by atoms with van der Waals surface area (Å²) in [5, 5.41) is 14.0. The van der Waals surface area contributed by atoms with Crippen LogP contribution in [0.25, 0.3) is 5.82 Å². The lowest BCUT2D eigenvalue weighted by Crippen LogP contribution is -2.42. The van der Waals surface area contributed by atoms with Gasteiger partial charge in [-0.2, -0.15) is 5.10 Å². The summed E-state index contributed by atoms with van der Waals surface area (Å²) in [7, 11) is 0. The Kier molecular flexibility index (Phi) is 3.70. The normalized spacial score (nSPS) is 18.8. The number of aromatic nitrogens is 3. The van der Waals surface area contributed by atoms with Crippen LogP contribution in [0.2, 0.25) is 0 Å². The van der Waals surface area contributed by atoms with Crippen molar-refractivity contribution in [2.75, 3.05) is 13.1 Å². The van der Waals surface area contributed by atoms with E-state index in [1.54, 1.807) is 22.0 Å². The van der Waals surface area contributed by atoms with Crippen molar-refractivity contribution in [3.63, 3.8) is 0 Å². The molecule has 6 heteroatoms. The number of aliphatic hydroxyl groups is 1. The molecule has 0 radical (unpaired) electrons. The molecule has 21 heavy (non-hydrogen) atoms. The molecule has 3 rings (SSSR count). The van der Waals surface area contributed by atoms with Crippen molar-refractivity contribution in [2.45, 2.75) is 25.9 Å². The Hall–Kier alpha value is -2.21. The third-order valence-electron chi connectivity index (χ3n) is 3.79. The number of piperidine rings is 1. The van der Waals surface area contributed by atoms with Gasteiger partial charge in [-0.3, -0.25) is 4.79 Å². The molecule has 2 aromatic rings. The number of carbonyl (C=O) groups is 1. The highest BCUT2D eigenvalue weighted by molar-refractivity contribution is 5.95. The summed E-state index contributed by atoms with van der Waals surface area (Å²) >= 11 is 0. The second kappa shape index (κ2) is 5.65. The van der Waals surface area contributed by atoms with Crippen LogP contribution < -0.4 is 0 Å². The third-order valence-corrected chi connectivity index (χ3v) is 3.79. The minimum atomic E-state index is -0.422. The predicted octanol–water partition coefficient (Wildman–Crippen LogP) is 1.17. The molecule has 0 aromatic carbocycles. The third kappa shape index (κ3) is 2.67. The van der Waals surface area contributed by atoms with Gasteiger partial charge in [0.2, 0.25) is 0 Å². The number of hydrogen-bond donors (Lipinski definition) is 1. The highest BCUT2D eigenvalue weighted by Crippen LogP contribution is 2.17. The van der Waals surface area contributed by atoms with Gasteiger partial charge in [-0.1, -0.05) is 6.07 Å². The molecule has 1 atom stereocenters. The molecule has 1 aliphatic heterocycles. The number of pyridine rings is 1. The lowest BCUT2D eigenvalue weighted by Gasteiger charge is -2.30. The van der Waals surface area contributed by atoms with Crippen molar-refractivity contribution < 1.29 is 9.90 Å². The molecular weight excluding hydrogens is 268 g/mol. The second-order valence-electron chi connectivity index (χ2n) is 5.29. The van der Waals surface area contributed by atoms with Gasteiger partial charge in [0.1, 0.15) is 0 Å². The SMILES string of the molecule is Cc1c(C(=O)N2CCCC(O)C2)cnn1-c1ccccn1. The number of β-amino-alcohol motifs (C(OH)–C–C–N with tert-alkyl or cyclic N) is 1. The molecule has 1 amide bonds. The molecule has 0 spiro atoms. The Balaban J connectivity index is 1.87. The molecule has 1 unspecified atom stereocenters. The fourth-order valence-electron chi connectivity index (χ4n) is 2.64. The molecule has 110 valence electrons. The number of rotatable bonds is 2. The van der Waals surface area contributed by atoms with Gasteiger partial charge in [0, 0.05) is 19.3 Å². The molecule has 0 bridgehead atoms. The maximum atomic E-state index is 12.6. The largest absolute Gasteiger partial charge is 0.391 e. The van der Waals surface area contributed by atoms with E-state index >= 15 is 0 Å². The first kappa shape index (κ1) is 13.8. The van der Waals surface area contributed by atoms with Crippen LogP contribution in [0.5, 0.6) is 0 Å². The Bertz CT molecular complexity index is 638. The number of likely N-dealkylation sites (tertiary alicyclic amines) is 1. The highest BCUT2D eigenvalue weighted by atomic mass is 16.3. The van der Waals surface area contributed by atoms with E-state index in [1.165, 1.54) is 0 Å². The van der Waals surface area contributed by atoms with E-state index in [9.17, 15) is 9.90 Å². The molecule has 1 saturated heterocycles. The number of hydrogen-bond acceptors (Lipinski definition) is 4. The molecular formula is C15H18N4O2. The lowest BCUT2D eigenvalue weighted by atomic mass is 10.1. The fraction of sp³-hybridized carbons (Fsp3) is 0.400. The first-order valence-electron chi connectivity index (χ1n) is 7.10. The van der Waals surface area contributed by atoms with E-state index in [1.807, 2.05) is 25.1 Å². The summed E-state index contributed by atoms with van der Waals surface area (Å²) in [6, 6.07) is 5.56. The van der Waals surface area contributed by atoms with Gasteiger partial charge in [0.15, 0.2) is 5.82 Å². The van der Waals surface area contributed by atoms with Gasteiger partial charge >= 0.3 is 0 Å². The summed E-state index contributed by atoms with van der Waals surface area (Å²) in [5.41, 5.74) is 1.33. The summed E-state index contributed by atoms with van der Waals surface area (Å²) in [6.07, 6.45) is 4.44. The zero-order valence-corrected chi connectivity index (χ0v) is 11.9. The maximum Gasteiger partial charge on any atom is 0.257 e. The summed E-state index contributed by atoms with van der Waals surface area (Å²) in [6.45, 7) is 2.94. The van der Waals surface area contributed by atoms with E-state index in [0.717, 1.165) is 18.5 Å². The van der Waals surface area contributed by atoms with Crippen molar-refractivity contribution >= 4 is 5.91 Å². The summed E-state index contributed by atoms with van der Waals surface area (Å²) < 4.78 is 1.66. The quantitative estimate of drug-likeness (QED) is 0.899. The average molecular weight is 286 g/mol. The predicted molar refractivity (Wildman–Crippen MR) is 77.2 cm³/mol. The Morgan fingerprint density at radius 2 is 2.29 bits per heavy atom. The highest BCUT2D eigenvalue weighted by Gasteiger charge is 2.25. The summed E-state index contributed by atoms with van der Waals surface area (Å²) in [4.78, 5) is 18.5. The van der Waals surface area contributed by atoms with Gasteiger partial charge in [0.05, 0.1) is 23.6 Å². The maximum absolute atomic E-state index is 12.6. The number of amides is 1. The van der Waals surface area contributed by atoms with Crippen molar-refractivity contribution in [1.29, 1.82) is 0 Å². The van der Waals surface area contributed by atoms with Crippen LogP contribution >= 0.6 is 0 Å². The molecule has 2 aromatic heterocycles. The minimum absolute atomic E-state index is 0.0755. The Morgan fingerprint density at radius 3 is 3.00 bits per heavy atom. The van der Waals surface area contributed by atoms with E-state index in [-0.39, 0.29) is 5.91 Å². The van der Waals surface area contributed by atoms with Crippen LogP contribution in [0.1, 0.15) is 28.9 Å². The topological polar surface area (TPSA) is 71.2 Å². The van der Waals surface area contributed by atoms with E-state index in [2.05, 4.69) is 10.1 Å². The van der Waals surface area contributed by atoms with Crippen molar-refractivity contribution in [1.82, 2.24) is 19.7 Å². The van der Waals surface area contributed by atoms with Crippen LogP contribution in [-0.2, 0) is 0 Å². The van der Waals surface area contributed by atoms with Crippen molar-refractivity contribution in [3.8, 4) is 5.82 Å². The molecule has 3 heterocycles. The molecule has 1 N–H and O–H groups in total.